The first-order valence-electron chi connectivity index (χ1n) is 7.57. The maximum absolute atomic E-state index is 13.0. The number of carbonyl (C=O) groups excluding carboxylic acids is 2. The lowest BCUT2D eigenvalue weighted by molar-refractivity contribution is -0.137. The second-order valence-electron chi connectivity index (χ2n) is 5.79. The van der Waals surface area contributed by atoms with Gasteiger partial charge in [0.1, 0.15) is 6.04 Å². The predicted octanol–water partition coefficient (Wildman–Crippen LogP) is 2.87. The average Bonchev–Trinajstić information content (AvgIpc) is 2.52. The number of benzene rings is 1. The number of hydrogen-bond donors (Lipinski definition) is 2. The number of hydrogen-bond acceptors (Lipinski definition) is 2. The summed E-state index contributed by atoms with van der Waals surface area (Å²) in [6.07, 6.45) is -0.287. The number of primary amides is 1. The molecule has 3 N–H and O–H groups in total. The average molecular weight is 328 g/mol. The van der Waals surface area contributed by atoms with E-state index in [9.17, 15) is 22.8 Å². The standard InChI is InChI=1S/C16H19F3N2O2/c17-16(18,19)12-9-5-4-8-11(12)15(23)21-13(14(20)22)10-6-2-1-3-7-10/h4-5,8-10,13H,1-3,6-7H2,(H2,20,22)(H,21,23)/t13-/m0/s1. The molecule has 1 aromatic carbocycles. The van der Waals surface area contributed by atoms with Crippen molar-refractivity contribution in [1.29, 1.82) is 0 Å². The Bertz CT molecular complexity index is 581. The molecule has 0 bridgehead atoms. The molecule has 23 heavy (non-hydrogen) atoms. The smallest absolute Gasteiger partial charge is 0.368 e. The van der Waals surface area contributed by atoms with E-state index >= 15 is 0 Å². The van der Waals surface area contributed by atoms with Gasteiger partial charge >= 0.3 is 6.18 Å². The highest BCUT2D eigenvalue weighted by molar-refractivity contribution is 5.98. The number of nitrogens with two attached hydrogens (primary N) is 1. The van der Waals surface area contributed by atoms with Crippen molar-refractivity contribution < 1.29 is 22.8 Å². The van der Waals surface area contributed by atoms with Crippen LogP contribution in [0.2, 0.25) is 0 Å². The van der Waals surface area contributed by atoms with Crippen molar-refractivity contribution in [3.63, 3.8) is 0 Å². The first-order chi connectivity index (χ1) is 10.8. The molecule has 0 unspecified atom stereocenters. The Morgan fingerprint density at radius 3 is 2.30 bits per heavy atom. The van der Waals surface area contributed by atoms with Crippen LogP contribution in [0.25, 0.3) is 0 Å². The number of halogens is 3. The molecule has 2 rings (SSSR count). The topological polar surface area (TPSA) is 72.2 Å². The Morgan fingerprint density at radius 2 is 1.74 bits per heavy atom. The van der Waals surface area contributed by atoms with Gasteiger partial charge in [-0.25, -0.2) is 0 Å². The van der Waals surface area contributed by atoms with Gasteiger partial charge in [-0.3, -0.25) is 9.59 Å². The van der Waals surface area contributed by atoms with E-state index in [0.717, 1.165) is 44.2 Å². The highest BCUT2D eigenvalue weighted by Gasteiger charge is 2.36. The van der Waals surface area contributed by atoms with Crippen LogP contribution in [0, 0.1) is 5.92 Å². The summed E-state index contributed by atoms with van der Waals surface area (Å²) >= 11 is 0. The van der Waals surface area contributed by atoms with Gasteiger partial charge in [0.05, 0.1) is 11.1 Å². The SMILES string of the molecule is NC(=O)[C@@H](NC(=O)c1ccccc1C(F)(F)F)C1CCCCC1. The first-order valence-corrected chi connectivity index (χ1v) is 7.57. The third-order valence-corrected chi connectivity index (χ3v) is 4.19. The maximum atomic E-state index is 13.0. The Kier molecular flexibility index (Phi) is 5.28. The van der Waals surface area contributed by atoms with Crippen molar-refractivity contribution >= 4 is 11.8 Å². The van der Waals surface area contributed by atoms with Crippen LogP contribution in [0.4, 0.5) is 13.2 Å². The minimum absolute atomic E-state index is 0.122. The zero-order valence-electron chi connectivity index (χ0n) is 12.5. The molecule has 1 aliphatic rings. The molecule has 1 saturated carbocycles. The van der Waals surface area contributed by atoms with Crippen LogP contribution >= 0.6 is 0 Å². The Hall–Kier alpha value is -2.05. The molecule has 0 radical (unpaired) electrons. The molecule has 0 aromatic heterocycles. The van der Waals surface area contributed by atoms with E-state index < -0.39 is 35.2 Å². The highest BCUT2D eigenvalue weighted by atomic mass is 19.4. The van der Waals surface area contributed by atoms with Gasteiger partial charge in [-0.05, 0) is 30.9 Å². The second-order valence-corrected chi connectivity index (χ2v) is 5.79. The molecule has 0 saturated heterocycles. The molecule has 0 aliphatic heterocycles. The molecule has 7 heteroatoms. The number of rotatable bonds is 4. The third kappa shape index (κ3) is 4.24. The normalized spacial score (nSPS) is 17.5. The Labute approximate surface area is 132 Å². The number of amides is 2. The van der Waals surface area contributed by atoms with Crippen LogP contribution in [-0.2, 0) is 11.0 Å². The third-order valence-electron chi connectivity index (χ3n) is 4.19. The van der Waals surface area contributed by atoms with Crippen LogP contribution in [0.1, 0.15) is 48.0 Å². The van der Waals surface area contributed by atoms with E-state index in [2.05, 4.69) is 5.32 Å². The molecule has 1 aromatic rings. The van der Waals surface area contributed by atoms with Crippen LogP contribution in [-0.4, -0.2) is 17.9 Å². The first kappa shape index (κ1) is 17.3. The number of nitrogens with one attached hydrogen (secondary N) is 1. The lowest BCUT2D eigenvalue weighted by atomic mass is 9.83. The van der Waals surface area contributed by atoms with Crippen LogP contribution in [0.5, 0.6) is 0 Å². The van der Waals surface area contributed by atoms with E-state index in [4.69, 9.17) is 5.73 Å². The van der Waals surface area contributed by atoms with Crippen molar-refractivity contribution in [3.05, 3.63) is 35.4 Å². The van der Waals surface area contributed by atoms with Crippen LogP contribution in [0.3, 0.4) is 0 Å². The maximum Gasteiger partial charge on any atom is 0.417 e. The Morgan fingerprint density at radius 1 is 1.13 bits per heavy atom. The molecule has 126 valence electrons. The quantitative estimate of drug-likeness (QED) is 0.892. The minimum Gasteiger partial charge on any atom is -0.368 e. The van der Waals surface area contributed by atoms with Gasteiger partial charge in [0, 0.05) is 0 Å². The Balaban J connectivity index is 2.21. The van der Waals surface area contributed by atoms with Gasteiger partial charge in [0.2, 0.25) is 5.91 Å². The fraction of sp³-hybridized carbons (Fsp3) is 0.500. The summed E-state index contributed by atoms with van der Waals surface area (Å²) < 4.78 is 39.0. The van der Waals surface area contributed by atoms with Gasteiger partial charge in [-0.15, -0.1) is 0 Å². The van der Waals surface area contributed by atoms with E-state index in [-0.39, 0.29) is 5.92 Å². The molecular formula is C16H19F3N2O2. The lowest BCUT2D eigenvalue weighted by Gasteiger charge is -2.29. The van der Waals surface area contributed by atoms with Gasteiger partial charge < -0.3 is 11.1 Å². The van der Waals surface area contributed by atoms with Crippen molar-refractivity contribution in [3.8, 4) is 0 Å². The van der Waals surface area contributed by atoms with E-state index in [1.807, 2.05) is 0 Å². The summed E-state index contributed by atoms with van der Waals surface area (Å²) in [6, 6.07) is 3.56. The molecular weight excluding hydrogens is 309 g/mol. The predicted molar refractivity (Wildman–Crippen MR) is 78.5 cm³/mol. The largest absolute Gasteiger partial charge is 0.417 e. The van der Waals surface area contributed by atoms with Crippen LogP contribution < -0.4 is 11.1 Å². The van der Waals surface area contributed by atoms with Crippen molar-refractivity contribution in [2.75, 3.05) is 0 Å². The van der Waals surface area contributed by atoms with Crippen molar-refractivity contribution in [2.45, 2.75) is 44.3 Å². The fourth-order valence-corrected chi connectivity index (χ4v) is 3.04. The molecule has 1 aliphatic carbocycles. The highest BCUT2D eigenvalue weighted by Crippen LogP contribution is 2.32. The summed E-state index contributed by atoms with van der Waals surface area (Å²) in [5.74, 6) is -1.76. The van der Waals surface area contributed by atoms with E-state index in [1.165, 1.54) is 12.1 Å². The molecule has 2 amide bonds. The van der Waals surface area contributed by atoms with E-state index in [1.54, 1.807) is 0 Å². The van der Waals surface area contributed by atoms with Crippen LogP contribution in [0.15, 0.2) is 24.3 Å². The summed E-state index contributed by atoms with van der Waals surface area (Å²) in [6.45, 7) is 0. The van der Waals surface area contributed by atoms with Gasteiger partial charge in [-0.2, -0.15) is 13.2 Å². The minimum atomic E-state index is -4.64. The van der Waals surface area contributed by atoms with Crippen molar-refractivity contribution in [2.24, 2.45) is 11.7 Å². The zero-order chi connectivity index (χ0) is 17.0. The van der Waals surface area contributed by atoms with Gasteiger partial charge in [0.25, 0.3) is 5.91 Å². The van der Waals surface area contributed by atoms with Gasteiger partial charge in [-0.1, -0.05) is 31.4 Å². The molecule has 1 atom stereocenters. The monoisotopic (exact) mass is 328 g/mol. The lowest BCUT2D eigenvalue weighted by Crippen LogP contribution is -2.49. The molecule has 1 fully saturated rings. The second kappa shape index (κ2) is 7.02. The number of alkyl halides is 3. The van der Waals surface area contributed by atoms with Crippen molar-refractivity contribution in [1.82, 2.24) is 5.32 Å². The molecule has 0 spiro atoms. The summed E-state index contributed by atoms with van der Waals surface area (Å²) in [4.78, 5) is 23.9. The summed E-state index contributed by atoms with van der Waals surface area (Å²) in [5.41, 5.74) is 3.82. The summed E-state index contributed by atoms with van der Waals surface area (Å²) in [5, 5.41) is 2.40. The van der Waals surface area contributed by atoms with Gasteiger partial charge in [0.15, 0.2) is 0 Å². The fourth-order valence-electron chi connectivity index (χ4n) is 3.04. The molecule has 4 nitrogen and oxygen atoms in total. The van der Waals surface area contributed by atoms with E-state index in [0.29, 0.717) is 0 Å². The summed E-state index contributed by atoms with van der Waals surface area (Å²) in [7, 11) is 0. The molecule has 0 heterocycles. The zero-order valence-corrected chi connectivity index (χ0v) is 12.5. The number of carbonyl (C=O) groups is 2.